The molecule has 2 nitrogen and oxygen atoms in total. The van der Waals surface area contributed by atoms with Gasteiger partial charge in [-0.25, -0.2) is 0 Å². The lowest BCUT2D eigenvalue weighted by Crippen LogP contribution is -2.18. The Labute approximate surface area is 175 Å². The first-order chi connectivity index (χ1) is 13.6. The molecule has 0 amide bonds. The molecule has 28 heavy (non-hydrogen) atoms. The third-order valence-electron chi connectivity index (χ3n) is 5.76. The van der Waals surface area contributed by atoms with Crippen LogP contribution in [0.3, 0.4) is 0 Å². The maximum Gasteiger partial charge on any atom is 0.123 e. The minimum absolute atomic E-state index is 0.325. The third-order valence-corrected chi connectivity index (χ3v) is 5.76. The highest BCUT2D eigenvalue weighted by molar-refractivity contribution is 5.47. The summed E-state index contributed by atoms with van der Waals surface area (Å²) in [6.45, 7) is 13.4. The van der Waals surface area contributed by atoms with Gasteiger partial charge in [0.1, 0.15) is 11.5 Å². The van der Waals surface area contributed by atoms with Crippen LogP contribution in [-0.2, 0) is 12.8 Å². The van der Waals surface area contributed by atoms with Crippen molar-refractivity contribution in [2.24, 2.45) is 0 Å². The number of unbranched alkanes of at least 4 members (excludes halogenated alkanes) is 4. The van der Waals surface area contributed by atoms with Gasteiger partial charge in [-0.15, -0.1) is 0 Å². The van der Waals surface area contributed by atoms with Gasteiger partial charge in [0.05, 0.1) is 12.2 Å². The smallest absolute Gasteiger partial charge is 0.123 e. The number of hydrogen-bond donors (Lipinski definition) is 0. The standard InChI is InChI=1S/C26H46O2/c1-7-13-15-17-23(11-5)27-25-19-22(10-4)26(20-21(25)9-3)28-24(12-6)18-16-14-8-2/h19-20,23-24H,7-18H2,1-6H3. The van der Waals surface area contributed by atoms with Crippen molar-refractivity contribution in [3.63, 3.8) is 0 Å². The molecule has 162 valence electrons. The average molecular weight is 391 g/mol. The molecule has 0 aliphatic heterocycles. The van der Waals surface area contributed by atoms with E-state index in [4.69, 9.17) is 9.47 Å². The Morgan fingerprint density at radius 1 is 0.607 bits per heavy atom. The summed E-state index contributed by atoms with van der Waals surface area (Å²) < 4.78 is 13.0. The van der Waals surface area contributed by atoms with E-state index in [0.717, 1.165) is 50.0 Å². The Morgan fingerprint density at radius 2 is 1.00 bits per heavy atom. The minimum Gasteiger partial charge on any atom is -0.490 e. The lowest BCUT2D eigenvalue weighted by molar-refractivity contribution is 0.174. The van der Waals surface area contributed by atoms with Gasteiger partial charge in [0.2, 0.25) is 0 Å². The Kier molecular flexibility index (Phi) is 13.1. The molecule has 2 heteroatoms. The molecule has 0 aliphatic carbocycles. The molecule has 0 saturated carbocycles. The molecule has 0 radical (unpaired) electrons. The molecule has 2 atom stereocenters. The second kappa shape index (κ2) is 14.8. The predicted molar refractivity (Wildman–Crippen MR) is 123 cm³/mol. The van der Waals surface area contributed by atoms with Gasteiger partial charge in [-0.3, -0.25) is 0 Å². The highest BCUT2D eigenvalue weighted by atomic mass is 16.5. The average Bonchev–Trinajstić information content (AvgIpc) is 2.72. The van der Waals surface area contributed by atoms with Gasteiger partial charge in [0.15, 0.2) is 0 Å². The summed E-state index contributed by atoms with van der Waals surface area (Å²) in [6, 6.07) is 4.52. The van der Waals surface area contributed by atoms with Crippen molar-refractivity contribution in [2.75, 3.05) is 0 Å². The van der Waals surface area contributed by atoms with Crippen LogP contribution in [0, 0.1) is 0 Å². The Balaban J connectivity index is 2.93. The summed E-state index contributed by atoms with van der Waals surface area (Å²) in [5.74, 6) is 2.16. The lowest BCUT2D eigenvalue weighted by Gasteiger charge is -2.24. The van der Waals surface area contributed by atoms with Crippen LogP contribution in [0.15, 0.2) is 12.1 Å². The van der Waals surface area contributed by atoms with Crippen molar-refractivity contribution in [3.8, 4) is 11.5 Å². The molecule has 0 bridgehead atoms. The summed E-state index contributed by atoms with van der Waals surface area (Å²) in [4.78, 5) is 0. The molecule has 0 aliphatic rings. The molecule has 1 aromatic rings. The van der Waals surface area contributed by atoms with Crippen molar-refractivity contribution >= 4 is 0 Å². The molecule has 0 heterocycles. The third kappa shape index (κ3) is 8.45. The van der Waals surface area contributed by atoms with Gasteiger partial charge in [0.25, 0.3) is 0 Å². The maximum atomic E-state index is 6.48. The topological polar surface area (TPSA) is 18.5 Å². The second-order valence-corrected chi connectivity index (χ2v) is 8.06. The summed E-state index contributed by atoms with van der Waals surface area (Å²) >= 11 is 0. The van der Waals surface area contributed by atoms with E-state index in [2.05, 4.69) is 53.7 Å². The summed E-state index contributed by atoms with van der Waals surface area (Å²) in [5.41, 5.74) is 2.56. The van der Waals surface area contributed by atoms with E-state index in [1.54, 1.807) is 0 Å². The van der Waals surface area contributed by atoms with Crippen molar-refractivity contribution < 1.29 is 9.47 Å². The SMILES string of the molecule is CCCCCC(CC)Oc1cc(CC)c(OC(CC)CCCCC)cc1CC. The van der Waals surface area contributed by atoms with E-state index in [1.165, 1.54) is 49.7 Å². The molecule has 1 aromatic carbocycles. The number of ether oxygens (including phenoxy) is 2. The van der Waals surface area contributed by atoms with Crippen molar-refractivity contribution in [1.29, 1.82) is 0 Å². The molecular formula is C26H46O2. The summed E-state index contributed by atoms with van der Waals surface area (Å²) in [6.07, 6.45) is 14.7. The minimum atomic E-state index is 0.325. The highest BCUT2D eigenvalue weighted by Crippen LogP contribution is 2.33. The zero-order valence-corrected chi connectivity index (χ0v) is 19.6. The van der Waals surface area contributed by atoms with Crippen LogP contribution in [0.25, 0.3) is 0 Å². The lowest BCUT2D eigenvalue weighted by atomic mass is 10.0. The van der Waals surface area contributed by atoms with Gasteiger partial charge in [-0.1, -0.05) is 67.2 Å². The van der Waals surface area contributed by atoms with E-state index in [9.17, 15) is 0 Å². The van der Waals surface area contributed by atoms with Crippen LogP contribution in [0.5, 0.6) is 11.5 Å². The number of benzene rings is 1. The van der Waals surface area contributed by atoms with Crippen molar-refractivity contribution in [2.45, 2.75) is 131 Å². The second-order valence-electron chi connectivity index (χ2n) is 8.06. The Bertz CT molecular complexity index is 476. The first-order valence-corrected chi connectivity index (χ1v) is 12.1. The Hall–Kier alpha value is -1.18. The summed E-state index contributed by atoms with van der Waals surface area (Å²) in [7, 11) is 0. The van der Waals surface area contributed by atoms with Crippen LogP contribution in [0.4, 0.5) is 0 Å². The zero-order chi connectivity index (χ0) is 20.8. The molecule has 0 aromatic heterocycles. The van der Waals surface area contributed by atoms with Gasteiger partial charge in [-0.2, -0.15) is 0 Å². The van der Waals surface area contributed by atoms with Crippen molar-refractivity contribution in [1.82, 2.24) is 0 Å². The van der Waals surface area contributed by atoms with Crippen molar-refractivity contribution in [3.05, 3.63) is 23.3 Å². The monoisotopic (exact) mass is 390 g/mol. The van der Waals surface area contributed by atoms with E-state index in [1.807, 2.05) is 0 Å². The fourth-order valence-corrected chi connectivity index (χ4v) is 3.71. The molecule has 2 unspecified atom stereocenters. The first kappa shape index (κ1) is 24.9. The van der Waals surface area contributed by atoms with Crippen LogP contribution < -0.4 is 9.47 Å². The largest absolute Gasteiger partial charge is 0.490 e. The van der Waals surface area contributed by atoms with Gasteiger partial charge < -0.3 is 9.47 Å². The number of rotatable bonds is 16. The molecule has 0 saturated heterocycles. The van der Waals surface area contributed by atoms with E-state index < -0.39 is 0 Å². The fraction of sp³-hybridized carbons (Fsp3) is 0.769. The van der Waals surface area contributed by atoms with Crippen LogP contribution >= 0.6 is 0 Å². The first-order valence-electron chi connectivity index (χ1n) is 12.1. The van der Waals surface area contributed by atoms with Gasteiger partial charge >= 0.3 is 0 Å². The normalized spacial score (nSPS) is 13.4. The Morgan fingerprint density at radius 3 is 1.29 bits per heavy atom. The number of hydrogen-bond acceptors (Lipinski definition) is 2. The van der Waals surface area contributed by atoms with E-state index in [0.29, 0.717) is 12.2 Å². The summed E-state index contributed by atoms with van der Waals surface area (Å²) in [5, 5.41) is 0. The van der Waals surface area contributed by atoms with Crippen LogP contribution in [0.2, 0.25) is 0 Å². The highest BCUT2D eigenvalue weighted by Gasteiger charge is 2.16. The molecule has 0 N–H and O–H groups in total. The molecule has 0 spiro atoms. The van der Waals surface area contributed by atoms with Crippen LogP contribution in [0.1, 0.15) is 117 Å². The van der Waals surface area contributed by atoms with Gasteiger partial charge in [0, 0.05) is 0 Å². The van der Waals surface area contributed by atoms with Gasteiger partial charge in [-0.05, 0) is 74.6 Å². The predicted octanol–water partition coefficient (Wildman–Crippen LogP) is 8.29. The molecular weight excluding hydrogens is 344 g/mol. The maximum absolute atomic E-state index is 6.48. The van der Waals surface area contributed by atoms with E-state index in [-0.39, 0.29) is 0 Å². The quantitative estimate of drug-likeness (QED) is 0.264. The van der Waals surface area contributed by atoms with E-state index >= 15 is 0 Å². The fourth-order valence-electron chi connectivity index (χ4n) is 3.71. The molecule has 1 rings (SSSR count). The number of aryl methyl sites for hydroxylation is 2. The zero-order valence-electron chi connectivity index (χ0n) is 19.6. The van der Waals surface area contributed by atoms with Crippen LogP contribution in [-0.4, -0.2) is 12.2 Å². The molecule has 0 fully saturated rings.